The van der Waals surface area contributed by atoms with Crippen LogP contribution in [0.5, 0.6) is 0 Å². The zero-order valence-corrected chi connectivity index (χ0v) is 14.4. The third kappa shape index (κ3) is 3.39. The number of aromatic nitrogens is 2. The van der Waals surface area contributed by atoms with E-state index in [4.69, 9.17) is 11.6 Å². The lowest BCUT2D eigenvalue weighted by Gasteiger charge is -2.10. The molecular weight excluding hydrogens is 322 g/mol. The van der Waals surface area contributed by atoms with Crippen molar-refractivity contribution in [2.75, 3.05) is 5.32 Å². The summed E-state index contributed by atoms with van der Waals surface area (Å²) in [5.74, 6) is 0.406. The van der Waals surface area contributed by atoms with Gasteiger partial charge in [0.15, 0.2) is 5.82 Å². The van der Waals surface area contributed by atoms with E-state index >= 15 is 0 Å². The SMILES string of the molecule is Cc1cccc(CCC(=O)Nc2nncc3cccc(C)c23)c1Cl. The molecule has 0 fully saturated rings. The molecule has 122 valence electrons. The molecule has 1 aromatic heterocycles. The zero-order valence-electron chi connectivity index (χ0n) is 13.6. The van der Waals surface area contributed by atoms with E-state index in [1.807, 2.05) is 50.2 Å². The number of rotatable bonds is 4. The average molecular weight is 340 g/mol. The van der Waals surface area contributed by atoms with Crippen LogP contribution in [0.1, 0.15) is 23.1 Å². The van der Waals surface area contributed by atoms with Gasteiger partial charge in [-0.15, -0.1) is 5.10 Å². The summed E-state index contributed by atoms with van der Waals surface area (Å²) in [6.07, 6.45) is 2.63. The molecule has 4 nitrogen and oxygen atoms in total. The first kappa shape index (κ1) is 16.4. The molecule has 0 aliphatic carbocycles. The highest BCUT2D eigenvalue weighted by molar-refractivity contribution is 6.32. The van der Waals surface area contributed by atoms with Gasteiger partial charge < -0.3 is 5.32 Å². The second-order valence-electron chi connectivity index (χ2n) is 5.83. The van der Waals surface area contributed by atoms with Gasteiger partial charge >= 0.3 is 0 Å². The smallest absolute Gasteiger partial charge is 0.225 e. The van der Waals surface area contributed by atoms with Crippen molar-refractivity contribution in [1.29, 1.82) is 0 Å². The molecule has 3 aromatic rings. The lowest BCUT2D eigenvalue weighted by molar-refractivity contribution is -0.116. The Bertz CT molecular complexity index is 903. The average Bonchev–Trinajstić information content (AvgIpc) is 2.56. The lowest BCUT2D eigenvalue weighted by atomic mass is 10.1. The number of halogens is 1. The van der Waals surface area contributed by atoms with E-state index in [0.29, 0.717) is 18.7 Å². The number of nitrogens with one attached hydrogen (secondary N) is 1. The normalized spacial score (nSPS) is 10.8. The van der Waals surface area contributed by atoms with Crippen LogP contribution in [0.2, 0.25) is 5.02 Å². The van der Waals surface area contributed by atoms with Crippen molar-refractivity contribution in [3.8, 4) is 0 Å². The molecule has 1 heterocycles. The second-order valence-corrected chi connectivity index (χ2v) is 6.21. The van der Waals surface area contributed by atoms with Crippen molar-refractivity contribution in [1.82, 2.24) is 10.2 Å². The minimum absolute atomic E-state index is 0.0994. The number of fused-ring (bicyclic) bond motifs is 1. The third-order valence-electron chi connectivity index (χ3n) is 4.05. The molecule has 0 saturated carbocycles. The summed E-state index contributed by atoms with van der Waals surface area (Å²) in [5, 5.41) is 13.5. The molecule has 0 aliphatic heterocycles. The van der Waals surface area contributed by atoms with Gasteiger partial charge in [-0.05, 0) is 37.0 Å². The number of amides is 1. The molecule has 0 unspecified atom stereocenters. The Labute approximate surface area is 145 Å². The van der Waals surface area contributed by atoms with Crippen molar-refractivity contribution >= 4 is 34.1 Å². The molecule has 0 atom stereocenters. The number of benzene rings is 2. The summed E-state index contributed by atoms with van der Waals surface area (Å²) in [5.41, 5.74) is 3.05. The van der Waals surface area contributed by atoms with Crippen LogP contribution in [0.4, 0.5) is 5.82 Å². The van der Waals surface area contributed by atoms with Gasteiger partial charge in [0, 0.05) is 22.2 Å². The van der Waals surface area contributed by atoms with Crippen molar-refractivity contribution in [3.63, 3.8) is 0 Å². The summed E-state index contributed by atoms with van der Waals surface area (Å²) in [6, 6.07) is 11.8. The van der Waals surface area contributed by atoms with Gasteiger partial charge in [0.05, 0.1) is 6.20 Å². The van der Waals surface area contributed by atoms with Crippen molar-refractivity contribution in [3.05, 3.63) is 64.3 Å². The highest BCUT2D eigenvalue weighted by Gasteiger charge is 2.11. The third-order valence-corrected chi connectivity index (χ3v) is 4.59. The number of nitrogens with zero attached hydrogens (tertiary/aromatic N) is 2. The molecule has 0 spiro atoms. The quantitative estimate of drug-likeness (QED) is 0.763. The maximum absolute atomic E-state index is 12.3. The highest BCUT2D eigenvalue weighted by atomic mass is 35.5. The summed E-state index contributed by atoms with van der Waals surface area (Å²) in [4.78, 5) is 12.3. The van der Waals surface area contributed by atoms with Gasteiger partial charge in [-0.25, -0.2) is 0 Å². The van der Waals surface area contributed by atoms with E-state index in [-0.39, 0.29) is 5.91 Å². The molecule has 0 bridgehead atoms. The van der Waals surface area contributed by atoms with Crippen molar-refractivity contribution < 1.29 is 4.79 Å². The van der Waals surface area contributed by atoms with Crippen LogP contribution in [0.25, 0.3) is 10.8 Å². The molecule has 5 heteroatoms. The Morgan fingerprint density at radius 2 is 1.88 bits per heavy atom. The van der Waals surface area contributed by atoms with Gasteiger partial charge in [0.2, 0.25) is 5.91 Å². The fraction of sp³-hybridized carbons (Fsp3) is 0.211. The summed E-state index contributed by atoms with van der Waals surface area (Å²) >= 11 is 6.28. The number of aryl methyl sites for hydroxylation is 3. The van der Waals surface area contributed by atoms with Crippen LogP contribution in [0, 0.1) is 13.8 Å². The van der Waals surface area contributed by atoms with Gasteiger partial charge in [0.1, 0.15) is 0 Å². The molecule has 1 amide bonds. The van der Waals surface area contributed by atoms with Crippen LogP contribution in [-0.2, 0) is 11.2 Å². The van der Waals surface area contributed by atoms with Crippen LogP contribution >= 0.6 is 11.6 Å². The van der Waals surface area contributed by atoms with E-state index in [9.17, 15) is 4.79 Å². The molecule has 24 heavy (non-hydrogen) atoms. The summed E-state index contributed by atoms with van der Waals surface area (Å²) in [7, 11) is 0. The first-order chi connectivity index (χ1) is 11.6. The Kier molecular flexibility index (Phi) is 4.76. The maximum Gasteiger partial charge on any atom is 0.225 e. The monoisotopic (exact) mass is 339 g/mol. The zero-order chi connectivity index (χ0) is 17.1. The van der Waals surface area contributed by atoms with Crippen molar-refractivity contribution in [2.24, 2.45) is 0 Å². The first-order valence-corrected chi connectivity index (χ1v) is 8.19. The van der Waals surface area contributed by atoms with Crippen molar-refractivity contribution in [2.45, 2.75) is 26.7 Å². The van der Waals surface area contributed by atoms with Gasteiger partial charge in [-0.1, -0.05) is 48.0 Å². The number of hydrogen-bond donors (Lipinski definition) is 1. The summed E-state index contributed by atoms with van der Waals surface area (Å²) < 4.78 is 0. The molecule has 2 aromatic carbocycles. The Balaban J connectivity index is 1.75. The Morgan fingerprint density at radius 1 is 1.12 bits per heavy atom. The topological polar surface area (TPSA) is 54.9 Å². The largest absolute Gasteiger partial charge is 0.309 e. The van der Waals surface area contributed by atoms with Gasteiger partial charge in [-0.2, -0.15) is 5.10 Å². The van der Waals surface area contributed by atoms with Crippen LogP contribution in [0.3, 0.4) is 0 Å². The van der Waals surface area contributed by atoms with E-state index in [2.05, 4.69) is 15.5 Å². The Morgan fingerprint density at radius 3 is 2.71 bits per heavy atom. The molecule has 0 radical (unpaired) electrons. The minimum atomic E-state index is -0.0994. The Hall–Kier alpha value is -2.46. The van der Waals surface area contributed by atoms with E-state index in [0.717, 1.165) is 32.5 Å². The number of hydrogen-bond acceptors (Lipinski definition) is 3. The van der Waals surface area contributed by atoms with Gasteiger partial charge in [-0.3, -0.25) is 4.79 Å². The number of carbonyl (C=O) groups excluding carboxylic acids is 1. The first-order valence-electron chi connectivity index (χ1n) is 7.81. The molecule has 0 saturated heterocycles. The standard InChI is InChI=1S/C19H18ClN3O/c1-12-5-3-8-15-11-21-23-19(17(12)15)22-16(24)10-9-14-7-4-6-13(2)18(14)20/h3-8,11H,9-10H2,1-2H3,(H,22,23,24). The molecule has 3 rings (SSSR count). The maximum atomic E-state index is 12.3. The summed E-state index contributed by atoms with van der Waals surface area (Å²) in [6.45, 7) is 3.95. The highest BCUT2D eigenvalue weighted by Crippen LogP contribution is 2.24. The van der Waals surface area contributed by atoms with E-state index in [1.165, 1.54) is 0 Å². The number of carbonyl (C=O) groups is 1. The van der Waals surface area contributed by atoms with Gasteiger partial charge in [0.25, 0.3) is 0 Å². The molecule has 1 N–H and O–H groups in total. The van der Waals surface area contributed by atoms with E-state index < -0.39 is 0 Å². The predicted octanol–water partition coefficient (Wildman–Crippen LogP) is 4.47. The number of anilines is 1. The lowest BCUT2D eigenvalue weighted by Crippen LogP contribution is -2.14. The fourth-order valence-electron chi connectivity index (χ4n) is 2.75. The van der Waals surface area contributed by atoms with Crippen LogP contribution < -0.4 is 5.32 Å². The molecular formula is C19H18ClN3O. The minimum Gasteiger partial charge on any atom is -0.309 e. The fourth-order valence-corrected chi connectivity index (χ4v) is 2.97. The van der Waals surface area contributed by atoms with Crippen LogP contribution in [0.15, 0.2) is 42.6 Å². The molecule has 0 aliphatic rings. The predicted molar refractivity (Wildman–Crippen MR) is 97.4 cm³/mol. The second kappa shape index (κ2) is 6.97. The van der Waals surface area contributed by atoms with Crippen LogP contribution in [-0.4, -0.2) is 16.1 Å². The van der Waals surface area contributed by atoms with E-state index in [1.54, 1.807) is 6.20 Å².